The molecule has 1 aliphatic rings. The van der Waals surface area contributed by atoms with Gasteiger partial charge in [-0.2, -0.15) is 0 Å². The highest BCUT2D eigenvalue weighted by Gasteiger charge is 2.36. The minimum absolute atomic E-state index is 0.0251. The summed E-state index contributed by atoms with van der Waals surface area (Å²) in [6, 6.07) is 30.9. The first-order chi connectivity index (χ1) is 22.1. The second kappa shape index (κ2) is 10.9. The summed E-state index contributed by atoms with van der Waals surface area (Å²) in [4.78, 5) is 38.6. The lowest BCUT2D eigenvalue weighted by Gasteiger charge is -2.18. The molecule has 0 radical (unpaired) electrons. The Bertz CT molecular complexity index is 2200. The Labute approximate surface area is 263 Å². The number of benzene rings is 4. The average molecular weight is 614 g/mol. The molecule has 8 nitrogen and oxygen atoms in total. The fraction of sp³-hybridized carbons (Fsp3) is 0.111. The van der Waals surface area contributed by atoms with Gasteiger partial charge in [0.25, 0.3) is 11.8 Å². The van der Waals surface area contributed by atoms with Crippen LogP contribution < -0.4 is 15.0 Å². The number of fused-ring (bicyclic) bond motifs is 5. The molecule has 0 aliphatic carbocycles. The van der Waals surface area contributed by atoms with Crippen molar-refractivity contribution >= 4 is 67.5 Å². The molecular weight excluding hydrogens is 586 g/mol. The van der Waals surface area contributed by atoms with Crippen molar-refractivity contribution in [1.82, 2.24) is 15.0 Å². The number of nitrogens with zero attached hydrogens (tertiary/aromatic N) is 1. The normalized spacial score (nSPS) is 14.3. The maximum Gasteiger partial charge on any atom is 0.274 e. The molecule has 1 aliphatic heterocycles. The molecule has 0 saturated heterocycles. The number of hydrogen-bond acceptors (Lipinski definition) is 3. The average Bonchev–Trinajstić information content (AvgIpc) is 3.87. The Morgan fingerprint density at radius 1 is 0.867 bits per heavy atom. The van der Waals surface area contributed by atoms with Crippen molar-refractivity contribution in [3.8, 4) is 5.75 Å². The van der Waals surface area contributed by atoms with Crippen molar-refractivity contribution in [1.29, 1.82) is 0 Å². The minimum atomic E-state index is -0.237. The number of H-pyrrole nitrogens is 3. The molecule has 8 rings (SSSR count). The molecule has 9 heteroatoms. The van der Waals surface area contributed by atoms with Crippen molar-refractivity contribution in [3.05, 3.63) is 126 Å². The van der Waals surface area contributed by atoms with E-state index < -0.39 is 0 Å². The lowest BCUT2D eigenvalue weighted by molar-refractivity contribution is 0.0982. The van der Waals surface area contributed by atoms with E-state index in [1.165, 1.54) is 0 Å². The van der Waals surface area contributed by atoms with Gasteiger partial charge in [0.05, 0.1) is 11.2 Å². The van der Waals surface area contributed by atoms with Gasteiger partial charge >= 0.3 is 0 Å². The standard InChI is InChI=1S/C36H28ClN5O3/c37-18-24-19-42(31-17-32(34-26(33(24)31)12-13-38-34)45-20-21-6-2-1-3-7-21)36(44)30-16-23-14-25(10-11-28(23)41-30)39-35(43)29-15-22-8-4-5-9-27(22)40-29/h1-17,24,38,40-41H,18-20H2,(H,39,43)/t24-/m1/s1. The van der Waals surface area contributed by atoms with E-state index in [1.54, 1.807) is 4.90 Å². The number of hydrogen-bond donors (Lipinski definition) is 4. The fourth-order valence-electron chi connectivity index (χ4n) is 6.30. The third-order valence-electron chi connectivity index (χ3n) is 8.48. The largest absolute Gasteiger partial charge is 0.487 e. The Morgan fingerprint density at radius 2 is 1.64 bits per heavy atom. The van der Waals surface area contributed by atoms with Gasteiger partial charge in [0.15, 0.2) is 0 Å². The highest BCUT2D eigenvalue weighted by Crippen LogP contribution is 2.46. The smallest absolute Gasteiger partial charge is 0.274 e. The van der Waals surface area contributed by atoms with Crippen LogP contribution in [0.2, 0.25) is 0 Å². The molecular formula is C36H28ClN5O3. The first kappa shape index (κ1) is 27.1. The number of alkyl halides is 1. The Morgan fingerprint density at radius 3 is 2.49 bits per heavy atom. The van der Waals surface area contributed by atoms with Crippen molar-refractivity contribution in [3.63, 3.8) is 0 Å². The number of para-hydroxylation sites is 1. The SMILES string of the molecule is O=C(Nc1ccc2[nH]c(C(=O)N3C[C@@H](CCl)c4c3cc(OCc3ccccc3)c3[nH]ccc43)cc2c1)c1cc2ccccc2[nH]1. The summed E-state index contributed by atoms with van der Waals surface area (Å²) in [7, 11) is 0. The second-order valence-corrected chi connectivity index (χ2v) is 11.6. The first-order valence-corrected chi connectivity index (χ1v) is 15.3. The number of halogens is 1. The molecule has 0 unspecified atom stereocenters. The highest BCUT2D eigenvalue weighted by molar-refractivity contribution is 6.19. The van der Waals surface area contributed by atoms with E-state index in [2.05, 4.69) is 20.3 Å². The molecule has 0 fully saturated rings. The summed E-state index contributed by atoms with van der Waals surface area (Å²) in [5, 5.41) is 5.75. The first-order valence-electron chi connectivity index (χ1n) is 14.8. The van der Waals surface area contributed by atoms with Crippen LogP contribution in [0.5, 0.6) is 5.75 Å². The van der Waals surface area contributed by atoms with Crippen LogP contribution >= 0.6 is 11.6 Å². The van der Waals surface area contributed by atoms with E-state index in [0.29, 0.717) is 41.9 Å². The lowest BCUT2D eigenvalue weighted by Crippen LogP contribution is -2.30. The number of nitrogens with one attached hydrogen (secondary N) is 4. The second-order valence-electron chi connectivity index (χ2n) is 11.3. The number of ether oxygens (including phenoxy) is 1. The van der Waals surface area contributed by atoms with E-state index in [1.807, 2.05) is 103 Å². The van der Waals surface area contributed by atoms with Gasteiger partial charge in [-0.3, -0.25) is 9.59 Å². The minimum Gasteiger partial charge on any atom is -0.487 e. The quantitative estimate of drug-likeness (QED) is 0.137. The van der Waals surface area contributed by atoms with Gasteiger partial charge in [-0.15, -0.1) is 11.6 Å². The van der Waals surface area contributed by atoms with Gasteiger partial charge in [0, 0.05) is 63.5 Å². The van der Waals surface area contributed by atoms with E-state index in [0.717, 1.165) is 49.5 Å². The summed E-state index contributed by atoms with van der Waals surface area (Å²) < 4.78 is 6.29. The number of aromatic nitrogens is 3. The summed E-state index contributed by atoms with van der Waals surface area (Å²) in [6.07, 6.45) is 1.89. The molecule has 0 bridgehead atoms. The number of amides is 2. The van der Waals surface area contributed by atoms with E-state index >= 15 is 0 Å². The van der Waals surface area contributed by atoms with Crippen molar-refractivity contribution < 1.29 is 14.3 Å². The molecule has 0 spiro atoms. The van der Waals surface area contributed by atoms with Gasteiger partial charge in [0.2, 0.25) is 0 Å². The molecule has 4 aromatic carbocycles. The summed E-state index contributed by atoms with van der Waals surface area (Å²) in [5.74, 6) is 0.639. The molecule has 1 atom stereocenters. The summed E-state index contributed by atoms with van der Waals surface area (Å²) >= 11 is 6.47. The number of rotatable bonds is 7. The monoisotopic (exact) mass is 613 g/mol. The molecule has 45 heavy (non-hydrogen) atoms. The molecule has 222 valence electrons. The third kappa shape index (κ3) is 4.80. The van der Waals surface area contributed by atoms with Crippen LogP contribution in [-0.2, 0) is 6.61 Å². The maximum absolute atomic E-state index is 14.1. The predicted molar refractivity (Wildman–Crippen MR) is 179 cm³/mol. The van der Waals surface area contributed by atoms with Crippen molar-refractivity contribution in [2.75, 3.05) is 22.6 Å². The molecule has 2 amide bonds. The Kier molecular flexibility index (Phi) is 6.57. The zero-order valence-electron chi connectivity index (χ0n) is 24.1. The van der Waals surface area contributed by atoms with Crippen molar-refractivity contribution in [2.45, 2.75) is 12.5 Å². The Balaban J connectivity index is 1.08. The predicted octanol–water partition coefficient (Wildman–Crippen LogP) is 7.94. The number of carbonyl (C=O) groups excluding carboxylic acids is 2. The van der Waals surface area contributed by atoms with E-state index in [9.17, 15) is 9.59 Å². The molecule has 7 aromatic rings. The molecule has 4 heterocycles. The number of aromatic amines is 3. The third-order valence-corrected chi connectivity index (χ3v) is 8.85. The molecule has 3 aromatic heterocycles. The fourth-order valence-corrected chi connectivity index (χ4v) is 6.56. The summed E-state index contributed by atoms with van der Waals surface area (Å²) in [6.45, 7) is 0.864. The zero-order chi connectivity index (χ0) is 30.5. The van der Waals surface area contributed by atoms with Crippen molar-refractivity contribution in [2.24, 2.45) is 0 Å². The number of carbonyl (C=O) groups is 2. The maximum atomic E-state index is 14.1. The highest BCUT2D eigenvalue weighted by atomic mass is 35.5. The lowest BCUT2D eigenvalue weighted by atomic mass is 9.99. The van der Waals surface area contributed by atoms with Crippen LogP contribution in [0.25, 0.3) is 32.7 Å². The topological polar surface area (TPSA) is 106 Å². The van der Waals surface area contributed by atoms with Gasteiger partial charge in [-0.1, -0.05) is 48.5 Å². The molecule has 0 saturated carbocycles. The van der Waals surface area contributed by atoms with E-state index in [-0.39, 0.29) is 17.7 Å². The van der Waals surface area contributed by atoms with Gasteiger partial charge in [0.1, 0.15) is 23.7 Å². The van der Waals surface area contributed by atoms with Crippen LogP contribution in [0.15, 0.2) is 103 Å². The van der Waals surface area contributed by atoms with Crippen LogP contribution in [0.3, 0.4) is 0 Å². The van der Waals surface area contributed by atoms with E-state index in [4.69, 9.17) is 16.3 Å². The molecule has 4 N–H and O–H groups in total. The summed E-state index contributed by atoms with van der Waals surface area (Å²) in [5.41, 5.74) is 7.04. The van der Waals surface area contributed by atoms with Crippen LogP contribution in [-0.4, -0.2) is 39.2 Å². The number of anilines is 2. The van der Waals surface area contributed by atoms with Crippen LogP contribution in [0.4, 0.5) is 11.4 Å². The van der Waals surface area contributed by atoms with Crippen LogP contribution in [0, 0.1) is 0 Å². The Hall–Kier alpha value is -5.47. The zero-order valence-corrected chi connectivity index (χ0v) is 24.8. The van der Waals surface area contributed by atoms with Crippen LogP contribution in [0.1, 0.15) is 38.0 Å². The van der Waals surface area contributed by atoms with Gasteiger partial charge < -0.3 is 29.9 Å². The van der Waals surface area contributed by atoms with Gasteiger partial charge in [-0.25, -0.2) is 0 Å². The van der Waals surface area contributed by atoms with Gasteiger partial charge in [-0.05, 0) is 53.6 Å².